The number of rotatable bonds is 14. The Bertz CT molecular complexity index is 622. The van der Waals surface area contributed by atoms with E-state index in [-0.39, 0.29) is 17.0 Å². The Balaban J connectivity index is 1.45. The molecule has 0 aliphatic carbocycles. The molecule has 1 unspecified atom stereocenters. The van der Waals surface area contributed by atoms with Crippen molar-refractivity contribution in [2.24, 2.45) is 4.99 Å². The molecule has 1 aromatic carbocycles. The van der Waals surface area contributed by atoms with Crippen LogP contribution in [0.3, 0.4) is 0 Å². The Morgan fingerprint density at radius 1 is 1.10 bits per heavy atom. The maximum Gasteiger partial charge on any atom is 0.305 e. The molecular weight excluding hydrogens is 405 g/mol. The highest BCUT2D eigenvalue weighted by atomic mass is 32.2. The summed E-state index contributed by atoms with van der Waals surface area (Å²) in [6, 6.07) is 6.56. The fourth-order valence-corrected chi connectivity index (χ4v) is 5.35. The smallest absolute Gasteiger partial charge is 0.305 e. The molecule has 1 aromatic rings. The molecule has 0 saturated carbocycles. The van der Waals surface area contributed by atoms with Crippen molar-refractivity contribution in [1.82, 2.24) is 0 Å². The van der Waals surface area contributed by atoms with E-state index in [1.807, 2.05) is 0 Å². The molecule has 29 heavy (non-hydrogen) atoms. The zero-order chi connectivity index (χ0) is 20.7. The van der Waals surface area contributed by atoms with Crippen LogP contribution in [0.1, 0.15) is 76.7 Å². The number of esters is 1. The SMILES string of the molecule is CCCCCCCCCCCC(=O)OCC1CN=C(SCc2ccc(F)cc2)S1. The molecule has 3 nitrogen and oxygen atoms in total. The number of hydrogen-bond acceptors (Lipinski definition) is 5. The molecule has 1 atom stereocenters. The second kappa shape index (κ2) is 14.9. The van der Waals surface area contributed by atoms with Crippen LogP contribution in [0.4, 0.5) is 4.39 Å². The molecule has 0 amide bonds. The average Bonchev–Trinajstić information content (AvgIpc) is 3.18. The van der Waals surface area contributed by atoms with Gasteiger partial charge in [0.05, 0.1) is 11.8 Å². The predicted octanol–water partition coefficient (Wildman–Crippen LogP) is 6.99. The summed E-state index contributed by atoms with van der Waals surface area (Å²) in [6.45, 7) is 3.37. The Morgan fingerprint density at radius 2 is 1.76 bits per heavy atom. The number of carbonyl (C=O) groups is 1. The molecule has 2 rings (SSSR count). The Hall–Kier alpha value is -1.01. The van der Waals surface area contributed by atoms with Gasteiger partial charge in [0.2, 0.25) is 0 Å². The first kappa shape index (κ1) is 24.3. The molecule has 0 radical (unpaired) electrons. The minimum atomic E-state index is -0.212. The lowest BCUT2D eigenvalue weighted by Crippen LogP contribution is -2.16. The van der Waals surface area contributed by atoms with Gasteiger partial charge >= 0.3 is 5.97 Å². The highest BCUT2D eigenvalue weighted by Gasteiger charge is 2.21. The summed E-state index contributed by atoms with van der Waals surface area (Å²) in [7, 11) is 0. The topological polar surface area (TPSA) is 38.7 Å². The zero-order valence-electron chi connectivity index (χ0n) is 17.5. The number of benzene rings is 1. The number of thioether (sulfide) groups is 2. The summed E-state index contributed by atoms with van der Waals surface area (Å²) < 4.78 is 19.4. The maximum atomic E-state index is 12.9. The van der Waals surface area contributed by atoms with E-state index >= 15 is 0 Å². The van der Waals surface area contributed by atoms with Crippen molar-refractivity contribution in [3.05, 3.63) is 35.6 Å². The van der Waals surface area contributed by atoms with Crippen molar-refractivity contribution >= 4 is 33.9 Å². The normalized spacial score (nSPS) is 16.1. The standard InChI is InChI=1S/C23H34FNO2S2/c1-2-3-4-5-6-7-8-9-10-11-22(26)27-17-21-16-25-23(29-21)28-18-19-12-14-20(24)15-13-19/h12-15,21H,2-11,16-18H2,1H3. The number of hydrogen-bond donors (Lipinski definition) is 0. The summed E-state index contributed by atoms with van der Waals surface area (Å²) in [5.74, 6) is 0.480. The van der Waals surface area contributed by atoms with E-state index in [0.717, 1.165) is 28.5 Å². The monoisotopic (exact) mass is 439 g/mol. The highest BCUT2D eigenvalue weighted by molar-refractivity contribution is 8.39. The molecule has 1 aliphatic rings. The molecule has 0 aromatic heterocycles. The van der Waals surface area contributed by atoms with Gasteiger partial charge < -0.3 is 4.74 Å². The Labute approximate surface area is 183 Å². The molecule has 1 aliphatic heterocycles. The number of halogens is 1. The quantitative estimate of drug-likeness (QED) is 0.231. The molecule has 0 bridgehead atoms. The molecule has 0 N–H and O–H groups in total. The van der Waals surface area contributed by atoms with Crippen LogP contribution in [-0.2, 0) is 15.3 Å². The van der Waals surface area contributed by atoms with Gasteiger partial charge in [0.1, 0.15) is 16.8 Å². The molecule has 0 saturated heterocycles. The Morgan fingerprint density at radius 3 is 2.45 bits per heavy atom. The van der Waals surface area contributed by atoms with Crippen molar-refractivity contribution in [3.63, 3.8) is 0 Å². The first-order valence-electron chi connectivity index (χ1n) is 10.9. The summed E-state index contributed by atoms with van der Waals surface area (Å²) in [6.07, 6.45) is 11.8. The van der Waals surface area contributed by atoms with Crippen LogP contribution in [0, 0.1) is 5.82 Å². The zero-order valence-corrected chi connectivity index (χ0v) is 19.2. The average molecular weight is 440 g/mol. The van der Waals surface area contributed by atoms with E-state index in [9.17, 15) is 9.18 Å². The maximum absolute atomic E-state index is 12.9. The second-order valence-electron chi connectivity index (χ2n) is 7.52. The molecule has 1 heterocycles. The van der Waals surface area contributed by atoms with E-state index in [2.05, 4.69) is 11.9 Å². The van der Waals surface area contributed by atoms with E-state index in [0.29, 0.717) is 19.6 Å². The van der Waals surface area contributed by atoms with Crippen molar-refractivity contribution in [3.8, 4) is 0 Å². The first-order chi connectivity index (χ1) is 14.2. The van der Waals surface area contributed by atoms with Gasteiger partial charge in [0.25, 0.3) is 0 Å². The molecule has 0 spiro atoms. The molecule has 162 valence electrons. The minimum absolute atomic E-state index is 0.0824. The summed E-state index contributed by atoms with van der Waals surface area (Å²) in [5.41, 5.74) is 1.08. The summed E-state index contributed by atoms with van der Waals surface area (Å²) >= 11 is 3.34. The highest BCUT2D eigenvalue weighted by Crippen LogP contribution is 2.30. The number of nitrogens with zero attached hydrogens (tertiary/aromatic N) is 1. The third-order valence-corrected chi connectivity index (χ3v) is 7.33. The van der Waals surface area contributed by atoms with E-state index in [1.165, 1.54) is 57.1 Å². The lowest BCUT2D eigenvalue weighted by atomic mass is 10.1. The van der Waals surface area contributed by atoms with E-state index in [1.54, 1.807) is 35.7 Å². The number of unbranched alkanes of at least 4 members (excludes halogenated alkanes) is 8. The van der Waals surface area contributed by atoms with Crippen LogP contribution in [0.2, 0.25) is 0 Å². The summed E-state index contributed by atoms with van der Waals surface area (Å²) in [4.78, 5) is 16.4. The van der Waals surface area contributed by atoms with Gasteiger partial charge in [-0.2, -0.15) is 0 Å². The van der Waals surface area contributed by atoms with Crippen LogP contribution in [0.25, 0.3) is 0 Å². The van der Waals surface area contributed by atoms with Gasteiger partial charge in [0, 0.05) is 12.2 Å². The van der Waals surface area contributed by atoms with Crippen LogP contribution in [0.15, 0.2) is 29.3 Å². The van der Waals surface area contributed by atoms with Crippen LogP contribution in [-0.4, -0.2) is 28.7 Å². The van der Waals surface area contributed by atoms with Crippen LogP contribution >= 0.6 is 23.5 Å². The van der Waals surface area contributed by atoms with Gasteiger partial charge in [-0.25, -0.2) is 4.39 Å². The minimum Gasteiger partial charge on any atom is -0.464 e. The van der Waals surface area contributed by atoms with Gasteiger partial charge in [-0.3, -0.25) is 9.79 Å². The fraction of sp³-hybridized carbons (Fsp3) is 0.652. The van der Waals surface area contributed by atoms with Crippen LogP contribution in [0.5, 0.6) is 0 Å². The van der Waals surface area contributed by atoms with Gasteiger partial charge in [-0.1, -0.05) is 93.9 Å². The summed E-state index contributed by atoms with van der Waals surface area (Å²) in [5, 5.41) is 0.220. The van der Waals surface area contributed by atoms with Crippen molar-refractivity contribution < 1.29 is 13.9 Å². The number of carbonyl (C=O) groups excluding carboxylic acids is 1. The second-order valence-corrected chi connectivity index (χ2v) is 10.0. The third-order valence-electron chi connectivity index (χ3n) is 4.88. The van der Waals surface area contributed by atoms with E-state index in [4.69, 9.17) is 4.74 Å². The largest absolute Gasteiger partial charge is 0.464 e. The Kier molecular flexibility index (Phi) is 12.5. The lowest BCUT2D eigenvalue weighted by molar-refractivity contribution is -0.143. The number of aliphatic imine (C=N–C) groups is 1. The lowest BCUT2D eigenvalue weighted by Gasteiger charge is -2.09. The van der Waals surface area contributed by atoms with Crippen molar-refractivity contribution in [2.75, 3.05) is 13.2 Å². The van der Waals surface area contributed by atoms with E-state index < -0.39 is 0 Å². The molecular formula is C23H34FNO2S2. The van der Waals surface area contributed by atoms with Gasteiger partial charge in [-0.05, 0) is 24.1 Å². The van der Waals surface area contributed by atoms with Gasteiger partial charge in [0.15, 0.2) is 0 Å². The molecule has 6 heteroatoms. The predicted molar refractivity (Wildman–Crippen MR) is 124 cm³/mol. The van der Waals surface area contributed by atoms with Crippen LogP contribution < -0.4 is 0 Å². The van der Waals surface area contributed by atoms with Crippen molar-refractivity contribution in [1.29, 1.82) is 0 Å². The van der Waals surface area contributed by atoms with Gasteiger partial charge in [-0.15, -0.1) is 0 Å². The first-order valence-corrected chi connectivity index (χ1v) is 12.8. The van der Waals surface area contributed by atoms with Crippen molar-refractivity contribution in [2.45, 2.75) is 82.1 Å². The number of ether oxygens (including phenoxy) is 1. The third kappa shape index (κ3) is 11.1. The molecule has 0 fully saturated rings. The fourth-order valence-electron chi connectivity index (χ4n) is 3.12.